The zero-order valence-corrected chi connectivity index (χ0v) is 11.6. The first-order valence-corrected chi connectivity index (χ1v) is 6.74. The van der Waals surface area contributed by atoms with Crippen molar-refractivity contribution in [2.24, 2.45) is 11.1 Å². The first-order valence-electron chi connectivity index (χ1n) is 6.74. The van der Waals surface area contributed by atoms with E-state index in [0.29, 0.717) is 12.4 Å². The molecule has 0 unspecified atom stereocenters. The van der Waals surface area contributed by atoms with Crippen LogP contribution in [0.2, 0.25) is 0 Å². The Bertz CT molecular complexity index is 453. The average Bonchev–Trinajstić information content (AvgIpc) is 2.41. The van der Waals surface area contributed by atoms with Gasteiger partial charge in [-0.05, 0) is 31.9 Å². The third-order valence-electron chi connectivity index (χ3n) is 3.87. The SMILES string of the molecule is CCOc1cccnc1N1CCC(C)(C(=N)N)CC1. The smallest absolute Gasteiger partial charge is 0.171 e. The van der Waals surface area contributed by atoms with Crippen LogP contribution in [-0.4, -0.2) is 30.5 Å². The summed E-state index contributed by atoms with van der Waals surface area (Å²) in [4.78, 5) is 6.65. The maximum Gasteiger partial charge on any atom is 0.171 e. The Morgan fingerprint density at radius 3 is 2.79 bits per heavy atom. The highest BCUT2D eigenvalue weighted by Crippen LogP contribution is 2.35. The van der Waals surface area contributed by atoms with Gasteiger partial charge in [-0.1, -0.05) is 6.92 Å². The van der Waals surface area contributed by atoms with Crippen LogP contribution in [0.15, 0.2) is 18.3 Å². The number of hydrogen-bond donors (Lipinski definition) is 2. The van der Waals surface area contributed by atoms with Crippen molar-refractivity contribution in [2.45, 2.75) is 26.7 Å². The van der Waals surface area contributed by atoms with Crippen LogP contribution in [0.5, 0.6) is 5.75 Å². The molecular formula is C14H22N4O. The molecule has 1 aromatic heterocycles. The molecule has 1 fully saturated rings. The average molecular weight is 262 g/mol. The number of nitrogens with one attached hydrogen (secondary N) is 1. The molecule has 0 radical (unpaired) electrons. The van der Waals surface area contributed by atoms with Crippen molar-refractivity contribution < 1.29 is 4.74 Å². The first-order chi connectivity index (χ1) is 9.07. The maximum atomic E-state index is 7.68. The quantitative estimate of drug-likeness (QED) is 0.643. The Morgan fingerprint density at radius 2 is 2.21 bits per heavy atom. The number of nitrogens with zero attached hydrogens (tertiary/aromatic N) is 2. The highest BCUT2D eigenvalue weighted by Gasteiger charge is 2.33. The van der Waals surface area contributed by atoms with Gasteiger partial charge in [-0.15, -0.1) is 0 Å². The lowest BCUT2D eigenvalue weighted by Gasteiger charge is -2.39. The van der Waals surface area contributed by atoms with Crippen LogP contribution >= 0.6 is 0 Å². The van der Waals surface area contributed by atoms with Crippen LogP contribution in [-0.2, 0) is 0 Å². The summed E-state index contributed by atoms with van der Waals surface area (Å²) >= 11 is 0. The molecule has 2 rings (SSSR count). The van der Waals surface area contributed by atoms with Gasteiger partial charge in [-0.25, -0.2) is 4.98 Å². The third kappa shape index (κ3) is 2.80. The Balaban J connectivity index is 2.11. The van der Waals surface area contributed by atoms with Gasteiger partial charge in [0, 0.05) is 24.7 Å². The van der Waals surface area contributed by atoms with Crippen LogP contribution < -0.4 is 15.4 Å². The van der Waals surface area contributed by atoms with Gasteiger partial charge in [0.1, 0.15) is 0 Å². The van der Waals surface area contributed by atoms with Crippen molar-refractivity contribution >= 4 is 11.7 Å². The van der Waals surface area contributed by atoms with Crippen molar-refractivity contribution in [3.05, 3.63) is 18.3 Å². The second kappa shape index (κ2) is 5.47. The lowest BCUT2D eigenvalue weighted by Crippen LogP contribution is -2.45. The fourth-order valence-electron chi connectivity index (χ4n) is 2.37. The molecule has 5 nitrogen and oxygen atoms in total. The first kappa shape index (κ1) is 13.6. The summed E-state index contributed by atoms with van der Waals surface area (Å²) in [6.45, 7) is 6.38. The van der Waals surface area contributed by atoms with Crippen molar-refractivity contribution in [3.8, 4) is 5.75 Å². The number of hydrogen-bond acceptors (Lipinski definition) is 4. The maximum absolute atomic E-state index is 7.68. The molecular weight excluding hydrogens is 240 g/mol. The van der Waals surface area contributed by atoms with Crippen molar-refractivity contribution in [1.29, 1.82) is 5.41 Å². The molecule has 0 spiro atoms. The summed E-state index contributed by atoms with van der Waals surface area (Å²) in [5.41, 5.74) is 5.52. The zero-order valence-electron chi connectivity index (χ0n) is 11.6. The van der Waals surface area contributed by atoms with Gasteiger partial charge in [0.15, 0.2) is 11.6 Å². The molecule has 0 amide bonds. The van der Waals surface area contributed by atoms with E-state index in [4.69, 9.17) is 15.9 Å². The zero-order chi connectivity index (χ0) is 13.9. The van der Waals surface area contributed by atoms with Gasteiger partial charge < -0.3 is 15.4 Å². The summed E-state index contributed by atoms with van der Waals surface area (Å²) in [6, 6.07) is 3.84. The lowest BCUT2D eigenvalue weighted by molar-refractivity contribution is 0.327. The van der Waals surface area contributed by atoms with Gasteiger partial charge >= 0.3 is 0 Å². The number of ether oxygens (including phenoxy) is 1. The van der Waals surface area contributed by atoms with E-state index in [9.17, 15) is 0 Å². The van der Waals surface area contributed by atoms with Gasteiger partial charge in [-0.3, -0.25) is 5.41 Å². The van der Waals surface area contributed by atoms with E-state index in [2.05, 4.69) is 16.8 Å². The van der Waals surface area contributed by atoms with E-state index in [0.717, 1.165) is 37.5 Å². The lowest BCUT2D eigenvalue weighted by atomic mass is 9.79. The Labute approximate surface area is 114 Å². The number of rotatable bonds is 4. The van der Waals surface area contributed by atoms with Crippen LogP contribution in [0.1, 0.15) is 26.7 Å². The molecule has 0 bridgehead atoms. The normalized spacial score (nSPS) is 18.1. The van der Waals surface area contributed by atoms with E-state index < -0.39 is 0 Å². The third-order valence-corrected chi connectivity index (χ3v) is 3.87. The highest BCUT2D eigenvalue weighted by atomic mass is 16.5. The standard InChI is InChI=1S/C14H22N4O/c1-3-19-11-5-4-8-17-12(11)18-9-6-14(2,7-10-18)13(15)16/h4-5,8H,3,6-7,9-10H2,1-2H3,(H3,15,16). The molecule has 5 heteroatoms. The molecule has 104 valence electrons. The van der Waals surface area contributed by atoms with E-state index in [1.165, 1.54) is 0 Å². The molecule has 19 heavy (non-hydrogen) atoms. The Hall–Kier alpha value is -1.78. The molecule has 1 aliphatic heterocycles. The molecule has 1 saturated heterocycles. The predicted molar refractivity (Wildman–Crippen MR) is 76.9 cm³/mol. The van der Waals surface area contributed by atoms with Crippen molar-refractivity contribution in [3.63, 3.8) is 0 Å². The minimum atomic E-state index is -0.170. The fraction of sp³-hybridized carbons (Fsp3) is 0.571. The number of anilines is 1. The van der Waals surface area contributed by atoms with Crippen LogP contribution in [0.25, 0.3) is 0 Å². The van der Waals surface area contributed by atoms with Crippen LogP contribution in [0.3, 0.4) is 0 Å². The Kier molecular flexibility index (Phi) is 3.93. The molecule has 3 N–H and O–H groups in total. The summed E-state index contributed by atoms with van der Waals surface area (Å²) in [7, 11) is 0. The number of aromatic nitrogens is 1. The topological polar surface area (TPSA) is 75.2 Å². The van der Waals surface area contributed by atoms with Gasteiger partial charge in [0.05, 0.1) is 12.4 Å². The van der Waals surface area contributed by atoms with E-state index >= 15 is 0 Å². The van der Waals surface area contributed by atoms with E-state index in [-0.39, 0.29) is 5.41 Å². The number of nitrogens with two attached hydrogens (primary N) is 1. The molecule has 0 saturated carbocycles. The molecule has 2 heterocycles. The number of piperidine rings is 1. The minimum absolute atomic E-state index is 0.170. The molecule has 1 aliphatic rings. The van der Waals surface area contributed by atoms with E-state index in [1.54, 1.807) is 6.20 Å². The Morgan fingerprint density at radius 1 is 1.53 bits per heavy atom. The van der Waals surface area contributed by atoms with Crippen LogP contribution in [0, 0.1) is 10.8 Å². The molecule has 0 aromatic carbocycles. The minimum Gasteiger partial charge on any atom is -0.490 e. The summed E-state index contributed by atoms with van der Waals surface area (Å²) < 4.78 is 5.62. The number of pyridine rings is 1. The number of amidine groups is 1. The summed E-state index contributed by atoms with van der Waals surface area (Å²) in [6.07, 6.45) is 3.55. The van der Waals surface area contributed by atoms with Gasteiger partial charge in [0.2, 0.25) is 0 Å². The molecule has 0 atom stereocenters. The second-order valence-electron chi connectivity index (χ2n) is 5.22. The summed E-state index contributed by atoms with van der Waals surface area (Å²) in [5, 5.41) is 7.68. The van der Waals surface area contributed by atoms with Gasteiger partial charge in [0.25, 0.3) is 0 Å². The largest absolute Gasteiger partial charge is 0.490 e. The highest BCUT2D eigenvalue weighted by molar-refractivity contribution is 5.83. The van der Waals surface area contributed by atoms with Crippen LogP contribution in [0.4, 0.5) is 5.82 Å². The van der Waals surface area contributed by atoms with Crippen molar-refractivity contribution in [2.75, 3.05) is 24.6 Å². The van der Waals surface area contributed by atoms with E-state index in [1.807, 2.05) is 19.1 Å². The van der Waals surface area contributed by atoms with Crippen molar-refractivity contribution in [1.82, 2.24) is 4.98 Å². The monoisotopic (exact) mass is 262 g/mol. The molecule has 0 aliphatic carbocycles. The predicted octanol–water partition coefficient (Wildman–Crippen LogP) is 2.02. The molecule has 1 aromatic rings. The second-order valence-corrected chi connectivity index (χ2v) is 5.22. The fourth-order valence-corrected chi connectivity index (χ4v) is 2.37. The summed E-state index contributed by atoms with van der Waals surface area (Å²) in [5.74, 6) is 2.02. The van der Waals surface area contributed by atoms with Gasteiger partial charge in [-0.2, -0.15) is 0 Å².